The Morgan fingerprint density at radius 1 is 0.800 bits per heavy atom. The predicted octanol–water partition coefficient (Wildman–Crippen LogP) is 4.67. The molecule has 0 atom stereocenters. The van der Waals surface area contributed by atoms with Crippen LogP contribution in [0.3, 0.4) is 0 Å². The van der Waals surface area contributed by atoms with Crippen LogP contribution in [0.25, 0.3) is 0 Å². The van der Waals surface area contributed by atoms with Crippen LogP contribution in [0.5, 0.6) is 0 Å². The Labute approximate surface area is 108 Å². The topological polar surface area (TPSA) is 0 Å². The average Bonchev–Trinajstić information content (AvgIpc) is 2.77. The van der Waals surface area contributed by atoms with Gasteiger partial charge in [-0.2, -0.15) is 6.08 Å². The number of rotatable bonds is 0. The second kappa shape index (κ2) is 13.9. The Bertz CT molecular complexity index is 191. The predicted molar refractivity (Wildman–Crippen MR) is 64.2 cm³/mol. The van der Waals surface area contributed by atoms with Crippen LogP contribution in [0.1, 0.15) is 32.1 Å². The maximum absolute atomic E-state index is 4.57. The minimum absolute atomic E-state index is 1.01. The summed E-state index contributed by atoms with van der Waals surface area (Å²) in [4.78, 5) is 0. The first kappa shape index (κ1) is 14.9. The van der Waals surface area contributed by atoms with Crippen LogP contribution in [-0.2, 0) is 17.3 Å². The van der Waals surface area contributed by atoms with Crippen molar-refractivity contribution in [3.8, 4) is 0 Å². The maximum atomic E-state index is 4.57. The molecule has 0 fully saturated rings. The standard InChI is InChI=1S/C8H12.C5H5.ClH.Ru/c1-2-4-6-8-7-5-3-1;1-2-4-5-3-1;;/h1-2,7-8H,3-6H2;1-3H,4H2;1H;/q;-1;;+2/p-1/b2-1-,8-7?;;;. The van der Waals surface area contributed by atoms with Gasteiger partial charge in [0.05, 0.1) is 0 Å². The summed E-state index contributed by atoms with van der Waals surface area (Å²) < 4.78 is 0. The molecular formula is C13H17ClRu. The van der Waals surface area contributed by atoms with Crippen LogP contribution >= 0.6 is 9.69 Å². The van der Waals surface area contributed by atoms with E-state index in [-0.39, 0.29) is 0 Å². The molecule has 0 aromatic rings. The summed E-state index contributed by atoms with van der Waals surface area (Å²) in [5.41, 5.74) is 0. The second-order valence-electron chi connectivity index (χ2n) is 3.10. The summed E-state index contributed by atoms with van der Waals surface area (Å²) in [6.07, 6.45) is 24.0. The van der Waals surface area contributed by atoms with E-state index in [2.05, 4.69) is 46.1 Å². The van der Waals surface area contributed by atoms with E-state index in [9.17, 15) is 0 Å². The van der Waals surface area contributed by atoms with Crippen molar-refractivity contribution in [3.63, 3.8) is 0 Å². The third-order valence-corrected chi connectivity index (χ3v) is 1.92. The van der Waals surface area contributed by atoms with Gasteiger partial charge in [-0.05, 0) is 25.7 Å². The molecule has 2 heteroatoms. The van der Waals surface area contributed by atoms with Gasteiger partial charge >= 0.3 is 27.0 Å². The van der Waals surface area contributed by atoms with E-state index in [4.69, 9.17) is 0 Å². The molecule has 84 valence electrons. The van der Waals surface area contributed by atoms with Gasteiger partial charge in [-0.1, -0.05) is 24.3 Å². The molecular weight excluding hydrogens is 293 g/mol. The fourth-order valence-electron chi connectivity index (χ4n) is 1.20. The van der Waals surface area contributed by atoms with E-state index < -0.39 is 0 Å². The number of halogens is 1. The van der Waals surface area contributed by atoms with E-state index in [1.54, 1.807) is 0 Å². The Balaban J connectivity index is 0.000000241. The number of hydrogen-bond acceptors (Lipinski definition) is 0. The van der Waals surface area contributed by atoms with Gasteiger partial charge in [0.1, 0.15) is 0 Å². The summed E-state index contributed by atoms with van der Waals surface area (Å²) in [7, 11) is 4.57. The first-order chi connectivity index (χ1) is 7.50. The van der Waals surface area contributed by atoms with E-state index >= 15 is 0 Å². The minimum atomic E-state index is 1.01. The molecule has 2 rings (SSSR count). The molecule has 0 aromatic heterocycles. The average molecular weight is 310 g/mol. The summed E-state index contributed by atoms with van der Waals surface area (Å²) in [6, 6.07) is 0. The zero-order valence-corrected chi connectivity index (χ0v) is 11.3. The summed E-state index contributed by atoms with van der Waals surface area (Å²) in [6.45, 7) is 0. The van der Waals surface area contributed by atoms with Crippen LogP contribution < -0.4 is 0 Å². The first-order valence-electron chi connectivity index (χ1n) is 5.15. The zero-order valence-electron chi connectivity index (χ0n) is 8.81. The van der Waals surface area contributed by atoms with Crippen molar-refractivity contribution in [1.29, 1.82) is 0 Å². The molecule has 0 N–H and O–H groups in total. The zero-order chi connectivity index (χ0) is 11.2. The van der Waals surface area contributed by atoms with Crippen molar-refractivity contribution >= 4 is 9.69 Å². The van der Waals surface area contributed by atoms with E-state index in [1.165, 1.54) is 25.7 Å². The third-order valence-electron chi connectivity index (χ3n) is 1.92. The van der Waals surface area contributed by atoms with Crippen molar-refractivity contribution < 1.29 is 17.3 Å². The summed E-state index contributed by atoms with van der Waals surface area (Å²) >= 11 is 1.82. The van der Waals surface area contributed by atoms with E-state index in [0.717, 1.165) is 6.42 Å². The Hall–Kier alpha value is -0.127. The van der Waals surface area contributed by atoms with Crippen LogP contribution in [0, 0.1) is 6.08 Å². The van der Waals surface area contributed by atoms with Gasteiger partial charge in [0, 0.05) is 0 Å². The van der Waals surface area contributed by atoms with Crippen molar-refractivity contribution in [3.05, 3.63) is 48.6 Å². The van der Waals surface area contributed by atoms with Gasteiger partial charge < -0.3 is 0 Å². The third kappa shape index (κ3) is 11.8. The fraction of sp³-hybridized carbons (Fsp3) is 0.385. The Morgan fingerprint density at radius 2 is 1.27 bits per heavy atom. The molecule has 0 amide bonds. The normalized spacial score (nSPS) is 19.1. The van der Waals surface area contributed by atoms with Gasteiger partial charge in [0.25, 0.3) is 0 Å². The van der Waals surface area contributed by atoms with Gasteiger partial charge in [0.15, 0.2) is 0 Å². The van der Waals surface area contributed by atoms with Crippen LogP contribution in [0.2, 0.25) is 0 Å². The quantitative estimate of drug-likeness (QED) is 0.347. The monoisotopic (exact) mass is 310 g/mol. The summed E-state index contributed by atoms with van der Waals surface area (Å²) in [5, 5.41) is 0. The van der Waals surface area contributed by atoms with Gasteiger partial charge in [-0.15, -0.1) is 6.42 Å². The molecule has 0 heterocycles. The van der Waals surface area contributed by atoms with Gasteiger partial charge in [-0.3, -0.25) is 6.08 Å². The van der Waals surface area contributed by atoms with Crippen molar-refractivity contribution in [2.75, 3.05) is 0 Å². The molecule has 0 radical (unpaired) electrons. The molecule has 0 unspecified atom stereocenters. The van der Waals surface area contributed by atoms with Crippen LogP contribution in [0.4, 0.5) is 0 Å². The van der Waals surface area contributed by atoms with Gasteiger partial charge in [-0.25, -0.2) is 12.2 Å². The molecule has 0 aliphatic heterocycles. The van der Waals surface area contributed by atoms with Crippen LogP contribution in [0.15, 0.2) is 42.5 Å². The Morgan fingerprint density at radius 3 is 1.47 bits per heavy atom. The Kier molecular flexibility index (Phi) is 13.8. The van der Waals surface area contributed by atoms with Gasteiger partial charge in [0.2, 0.25) is 0 Å². The molecule has 0 aromatic carbocycles. The number of hydrogen-bond donors (Lipinski definition) is 0. The number of allylic oxidation sites excluding steroid dienone is 8. The first-order valence-corrected chi connectivity index (χ1v) is 7.39. The molecule has 2 aliphatic carbocycles. The second-order valence-corrected chi connectivity index (χ2v) is 3.10. The molecule has 0 nitrogen and oxygen atoms in total. The fourth-order valence-corrected chi connectivity index (χ4v) is 1.20. The SMILES string of the molecule is C1=CCC/C=C\CC1.[C-]1=CC=CC1.[Cl][Ru+]. The molecule has 0 spiro atoms. The van der Waals surface area contributed by atoms with Crippen molar-refractivity contribution in [2.24, 2.45) is 0 Å². The van der Waals surface area contributed by atoms with Crippen molar-refractivity contribution in [2.45, 2.75) is 32.1 Å². The van der Waals surface area contributed by atoms with Crippen LogP contribution in [-0.4, -0.2) is 0 Å². The summed E-state index contributed by atoms with van der Waals surface area (Å²) in [5.74, 6) is 0. The van der Waals surface area contributed by atoms with E-state index in [0.29, 0.717) is 0 Å². The van der Waals surface area contributed by atoms with E-state index in [1.807, 2.05) is 29.5 Å². The molecule has 0 saturated carbocycles. The molecule has 0 saturated heterocycles. The molecule has 0 bridgehead atoms. The molecule has 2 aliphatic rings. The molecule has 15 heavy (non-hydrogen) atoms. The van der Waals surface area contributed by atoms with Crippen molar-refractivity contribution in [1.82, 2.24) is 0 Å².